The van der Waals surface area contributed by atoms with Gasteiger partial charge in [-0.2, -0.15) is 0 Å². The minimum atomic E-state index is -0.915. The van der Waals surface area contributed by atoms with Crippen LogP contribution in [0.5, 0.6) is 0 Å². The van der Waals surface area contributed by atoms with E-state index in [1.165, 1.54) is 23.5 Å². The number of hydrogen-bond acceptors (Lipinski definition) is 2. The third kappa shape index (κ3) is 2.20. The van der Waals surface area contributed by atoms with Gasteiger partial charge in [-0.1, -0.05) is 23.7 Å². The maximum Gasteiger partial charge on any atom is 0.130 e. The predicted molar refractivity (Wildman–Crippen MR) is 59.8 cm³/mol. The van der Waals surface area contributed by atoms with Crippen molar-refractivity contribution in [3.05, 3.63) is 57.0 Å². The SMILES string of the molecule is OC(c1cccs1)c1ccc(Cl)cc1F. The molecule has 1 heterocycles. The lowest BCUT2D eigenvalue weighted by Crippen LogP contribution is -2.00. The summed E-state index contributed by atoms with van der Waals surface area (Å²) in [5.74, 6) is -0.483. The highest BCUT2D eigenvalue weighted by atomic mass is 35.5. The minimum Gasteiger partial charge on any atom is -0.383 e. The topological polar surface area (TPSA) is 20.2 Å². The van der Waals surface area contributed by atoms with Gasteiger partial charge < -0.3 is 5.11 Å². The van der Waals surface area contributed by atoms with Gasteiger partial charge in [0.1, 0.15) is 11.9 Å². The summed E-state index contributed by atoms with van der Waals surface area (Å²) in [5, 5.41) is 12.0. The molecule has 1 aromatic carbocycles. The maximum absolute atomic E-state index is 13.5. The molecule has 0 saturated heterocycles. The van der Waals surface area contributed by atoms with E-state index >= 15 is 0 Å². The zero-order chi connectivity index (χ0) is 10.8. The molecule has 0 radical (unpaired) electrons. The van der Waals surface area contributed by atoms with Crippen molar-refractivity contribution in [2.75, 3.05) is 0 Å². The van der Waals surface area contributed by atoms with Crippen LogP contribution in [0.3, 0.4) is 0 Å². The highest BCUT2D eigenvalue weighted by Gasteiger charge is 2.15. The average Bonchev–Trinajstić information content (AvgIpc) is 2.69. The second-order valence-corrected chi connectivity index (χ2v) is 4.50. The fourth-order valence-corrected chi connectivity index (χ4v) is 2.21. The summed E-state index contributed by atoms with van der Waals surface area (Å²) in [6.07, 6.45) is -0.915. The van der Waals surface area contributed by atoms with Crippen LogP contribution in [0.15, 0.2) is 35.7 Å². The van der Waals surface area contributed by atoms with Crippen LogP contribution in [0, 0.1) is 5.82 Å². The molecular formula is C11H8ClFOS. The van der Waals surface area contributed by atoms with E-state index in [2.05, 4.69) is 0 Å². The van der Waals surface area contributed by atoms with Gasteiger partial charge in [0.25, 0.3) is 0 Å². The monoisotopic (exact) mass is 242 g/mol. The first-order valence-corrected chi connectivity index (χ1v) is 5.60. The molecule has 1 atom stereocenters. The van der Waals surface area contributed by atoms with E-state index in [1.807, 2.05) is 11.4 Å². The molecule has 0 bridgehead atoms. The number of benzene rings is 1. The van der Waals surface area contributed by atoms with E-state index in [4.69, 9.17) is 11.6 Å². The number of aliphatic hydroxyl groups is 1. The largest absolute Gasteiger partial charge is 0.383 e. The normalized spacial score (nSPS) is 12.7. The summed E-state index contributed by atoms with van der Waals surface area (Å²) in [7, 11) is 0. The molecule has 78 valence electrons. The van der Waals surface area contributed by atoms with Crippen LogP contribution in [0.1, 0.15) is 16.5 Å². The van der Waals surface area contributed by atoms with Crippen molar-refractivity contribution in [1.82, 2.24) is 0 Å². The van der Waals surface area contributed by atoms with Crippen LogP contribution in [0.4, 0.5) is 4.39 Å². The van der Waals surface area contributed by atoms with Crippen LogP contribution in [0.2, 0.25) is 5.02 Å². The Labute approximate surface area is 95.8 Å². The standard InChI is InChI=1S/C11H8ClFOS/c12-7-3-4-8(9(13)6-7)11(14)10-2-1-5-15-10/h1-6,11,14H. The summed E-state index contributed by atoms with van der Waals surface area (Å²) >= 11 is 7.02. The predicted octanol–water partition coefficient (Wildman–Crippen LogP) is 3.62. The number of rotatable bonds is 2. The molecule has 0 fully saturated rings. The Balaban J connectivity index is 2.38. The molecule has 0 aliphatic rings. The molecule has 0 spiro atoms. The van der Waals surface area contributed by atoms with Gasteiger partial charge in [0.15, 0.2) is 0 Å². The van der Waals surface area contributed by atoms with Crippen molar-refractivity contribution < 1.29 is 9.50 Å². The van der Waals surface area contributed by atoms with E-state index in [-0.39, 0.29) is 5.56 Å². The van der Waals surface area contributed by atoms with Gasteiger partial charge in [0, 0.05) is 15.5 Å². The first-order valence-electron chi connectivity index (χ1n) is 4.35. The fourth-order valence-electron chi connectivity index (χ4n) is 1.32. The zero-order valence-electron chi connectivity index (χ0n) is 7.65. The first-order chi connectivity index (χ1) is 7.18. The van der Waals surface area contributed by atoms with Crippen molar-refractivity contribution >= 4 is 22.9 Å². The molecule has 4 heteroatoms. The van der Waals surface area contributed by atoms with Crippen LogP contribution >= 0.6 is 22.9 Å². The molecule has 2 rings (SSSR count). The second kappa shape index (κ2) is 4.31. The quantitative estimate of drug-likeness (QED) is 0.853. The molecule has 1 aromatic heterocycles. The summed E-state index contributed by atoms with van der Waals surface area (Å²) in [4.78, 5) is 0.719. The van der Waals surface area contributed by atoms with Crippen LogP contribution in [-0.2, 0) is 0 Å². The number of aliphatic hydroxyl groups excluding tert-OH is 1. The van der Waals surface area contributed by atoms with Gasteiger partial charge in [0.2, 0.25) is 0 Å². The lowest BCUT2D eigenvalue weighted by atomic mass is 10.1. The molecule has 0 saturated carbocycles. The van der Waals surface area contributed by atoms with Gasteiger partial charge in [-0.25, -0.2) is 4.39 Å². The molecule has 15 heavy (non-hydrogen) atoms. The molecular weight excluding hydrogens is 235 g/mol. The molecule has 1 unspecified atom stereocenters. The minimum absolute atomic E-state index is 0.252. The fraction of sp³-hybridized carbons (Fsp3) is 0.0909. The van der Waals surface area contributed by atoms with E-state index in [0.29, 0.717) is 5.02 Å². The average molecular weight is 243 g/mol. The Morgan fingerprint density at radius 3 is 2.73 bits per heavy atom. The van der Waals surface area contributed by atoms with E-state index in [1.54, 1.807) is 12.1 Å². The lowest BCUT2D eigenvalue weighted by molar-refractivity contribution is 0.219. The second-order valence-electron chi connectivity index (χ2n) is 3.08. The lowest BCUT2D eigenvalue weighted by Gasteiger charge is -2.09. The van der Waals surface area contributed by atoms with Crippen molar-refractivity contribution in [2.45, 2.75) is 6.10 Å². The Morgan fingerprint density at radius 1 is 1.33 bits per heavy atom. The molecule has 0 amide bonds. The highest BCUT2D eigenvalue weighted by molar-refractivity contribution is 7.10. The number of halogens is 2. The zero-order valence-corrected chi connectivity index (χ0v) is 9.23. The Bertz CT molecular complexity index is 456. The smallest absolute Gasteiger partial charge is 0.130 e. The van der Waals surface area contributed by atoms with Crippen LogP contribution in [-0.4, -0.2) is 5.11 Å². The summed E-state index contributed by atoms with van der Waals surface area (Å²) in [6, 6.07) is 7.85. The van der Waals surface area contributed by atoms with Gasteiger partial charge in [0.05, 0.1) is 0 Å². The van der Waals surface area contributed by atoms with Gasteiger partial charge in [-0.3, -0.25) is 0 Å². The molecule has 0 aliphatic carbocycles. The van der Waals surface area contributed by atoms with Crippen molar-refractivity contribution in [1.29, 1.82) is 0 Å². The van der Waals surface area contributed by atoms with E-state index in [0.717, 1.165) is 4.88 Å². The molecule has 1 N–H and O–H groups in total. The molecule has 1 nitrogen and oxygen atoms in total. The molecule has 2 aromatic rings. The third-order valence-electron chi connectivity index (χ3n) is 2.07. The maximum atomic E-state index is 13.5. The Hall–Kier alpha value is -0.900. The van der Waals surface area contributed by atoms with Gasteiger partial charge >= 0.3 is 0 Å². The van der Waals surface area contributed by atoms with Crippen molar-refractivity contribution in [3.63, 3.8) is 0 Å². The van der Waals surface area contributed by atoms with Crippen molar-refractivity contribution in [3.8, 4) is 0 Å². The van der Waals surface area contributed by atoms with Gasteiger partial charge in [-0.15, -0.1) is 11.3 Å². The highest BCUT2D eigenvalue weighted by Crippen LogP contribution is 2.28. The van der Waals surface area contributed by atoms with Crippen LogP contribution < -0.4 is 0 Å². The van der Waals surface area contributed by atoms with Crippen molar-refractivity contribution in [2.24, 2.45) is 0 Å². The summed E-state index contributed by atoms with van der Waals surface area (Å²) < 4.78 is 13.5. The Kier molecular flexibility index (Phi) is 3.05. The van der Waals surface area contributed by atoms with E-state index < -0.39 is 11.9 Å². The molecule has 0 aliphatic heterocycles. The number of thiophene rings is 1. The third-order valence-corrected chi connectivity index (χ3v) is 3.23. The van der Waals surface area contributed by atoms with Gasteiger partial charge in [-0.05, 0) is 23.6 Å². The first kappa shape index (κ1) is 10.6. The number of hydrogen-bond donors (Lipinski definition) is 1. The summed E-state index contributed by atoms with van der Waals surface area (Å²) in [5.41, 5.74) is 0.252. The Morgan fingerprint density at radius 2 is 2.13 bits per heavy atom. The summed E-state index contributed by atoms with van der Waals surface area (Å²) in [6.45, 7) is 0. The van der Waals surface area contributed by atoms with E-state index in [9.17, 15) is 9.50 Å². The van der Waals surface area contributed by atoms with Crippen LogP contribution in [0.25, 0.3) is 0 Å².